The second-order valence-electron chi connectivity index (χ2n) is 7.10. The molecule has 0 spiro atoms. The molecule has 3 aromatic rings. The Hall–Kier alpha value is -3.73. The van der Waals surface area contributed by atoms with Crippen LogP contribution < -0.4 is 10.7 Å². The molecule has 0 unspecified atom stereocenters. The van der Waals surface area contributed by atoms with E-state index in [-0.39, 0.29) is 17.9 Å². The summed E-state index contributed by atoms with van der Waals surface area (Å²) in [6, 6.07) is 25.7. The molecule has 0 aliphatic carbocycles. The van der Waals surface area contributed by atoms with Gasteiger partial charge in [-0.3, -0.25) is 9.59 Å². The molecule has 4 rings (SSSR count). The molecule has 2 amide bonds. The Labute approximate surface area is 169 Å². The molecule has 29 heavy (non-hydrogen) atoms. The van der Waals surface area contributed by atoms with Gasteiger partial charge >= 0.3 is 5.91 Å². The number of rotatable bonds is 4. The van der Waals surface area contributed by atoms with E-state index in [1.54, 1.807) is 16.8 Å². The highest BCUT2D eigenvalue weighted by atomic mass is 16.2. The molecule has 1 aliphatic rings. The second-order valence-corrected chi connectivity index (χ2v) is 7.10. The molecular formula is C24H22N3O2+. The SMILES string of the molecule is Cc1ccc(C(=O)N[C@@H]2C(=O)N/[N+](=C\c3ccccc3)[C@H]2c2ccccc2)cc1. The number of hydrazone groups is 1. The maximum Gasteiger partial charge on any atom is 0.304 e. The van der Waals surface area contributed by atoms with E-state index < -0.39 is 6.04 Å². The maximum atomic E-state index is 12.8. The van der Waals surface area contributed by atoms with Crippen molar-refractivity contribution in [2.75, 3.05) is 0 Å². The first-order valence-corrected chi connectivity index (χ1v) is 9.53. The van der Waals surface area contributed by atoms with E-state index in [0.29, 0.717) is 5.56 Å². The zero-order valence-electron chi connectivity index (χ0n) is 16.1. The van der Waals surface area contributed by atoms with Crippen molar-refractivity contribution in [2.45, 2.75) is 19.0 Å². The van der Waals surface area contributed by atoms with Crippen molar-refractivity contribution >= 4 is 18.0 Å². The Morgan fingerprint density at radius 3 is 2.21 bits per heavy atom. The number of amides is 2. The van der Waals surface area contributed by atoms with Crippen LogP contribution >= 0.6 is 0 Å². The standard InChI is InChI=1S/C24H21N3O2/c1-17-12-14-20(15-13-17)23(28)25-21-22(19-10-6-3-7-11-19)27(26-24(21)29)16-18-8-4-2-5-9-18/h2-16,21-22H,1H3,(H-,25,26,28,29)/p+1/b27-16-/t21-,22-/m0/s1. The summed E-state index contributed by atoms with van der Waals surface area (Å²) < 4.78 is 1.77. The summed E-state index contributed by atoms with van der Waals surface area (Å²) in [5.74, 6) is -0.515. The minimum absolute atomic E-state index is 0.244. The quantitative estimate of drug-likeness (QED) is 0.680. The van der Waals surface area contributed by atoms with Crippen LogP contribution in [0.5, 0.6) is 0 Å². The highest BCUT2D eigenvalue weighted by Gasteiger charge is 2.47. The molecule has 5 nitrogen and oxygen atoms in total. The van der Waals surface area contributed by atoms with Gasteiger partial charge in [0.1, 0.15) is 0 Å². The third-order valence-electron chi connectivity index (χ3n) is 4.97. The normalized spacial score (nSPS) is 19.8. The van der Waals surface area contributed by atoms with Crippen molar-refractivity contribution < 1.29 is 14.3 Å². The van der Waals surface area contributed by atoms with E-state index >= 15 is 0 Å². The first kappa shape index (κ1) is 18.6. The number of carbonyl (C=O) groups excluding carboxylic acids is 2. The third-order valence-corrected chi connectivity index (χ3v) is 4.97. The van der Waals surface area contributed by atoms with E-state index in [1.807, 2.05) is 85.9 Å². The predicted molar refractivity (Wildman–Crippen MR) is 112 cm³/mol. The average molecular weight is 384 g/mol. The lowest BCUT2D eigenvalue weighted by atomic mass is 9.99. The number of hydrazine groups is 1. The fourth-order valence-corrected chi connectivity index (χ4v) is 3.46. The summed E-state index contributed by atoms with van der Waals surface area (Å²) >= 11 is 0. The Balaban J connectivity index is 1.68. The molecule has 1 fully saturated rings. The molecule has 3 aromatic carbocycles. The van der Waals surface area contributed by atoms with Gasteiger partial charge in [-0.1, -0.05) is 66.2 Å². The van der Waals surface area contributed by atoms with Crippen LogP contribution in [0, 0.1) is 6.92 Å². The molecule has 0 bridgehead atoms. The van der Waals surface area contributed by atoms with Crippen molar-refractivity contribution in [1.82, 2.24) is 10.7 Å². The summed E-state index contributed by atoms with van der Waals surface area (Å²) in [7, 11) is 0. The van der Waals surface area contributed by atoms with Gasteiger partial charge in [0.2, 0.25) is 12.3 Å². The van der Waals surface area contributed by atoms with E-state index in [4.69, 9.17) is 0 Å². The van der Waals surface area contributed by atoms with Gasteiger partial charge in [0.15, 0.2) is 6.04 Å². The molecule has 144 valence electrons. The van der Waals surface area contributed by atoms with E-state index in [9.17, 15) is 9.59 Å². The summed E-state index contributed by atoms with van der Waals surface area (Å²) in [4.78, 5) is 25.6. The number of benzene rings is 3. The van der Waals surface area contributed by atoms with Gasteiger partial charge in [-0.15, -0.1) is 10.1 Å². The van der Waals surface area contributed by atoms with Crippen LogP contribution in [-0.2, 0) is 4.79 Å². The highest BCUT2D eigenvalue weighted by Crippen LogP contribution is 2.25. The smallest absolute Gasteiger partial charge is 0.304 e. The van der Waals surface area contributed by atoms with Crippen LogP contribution in [0.15, 0.2) is 84.9 Å². The molecule has 1 saturated heterocycles. The molecular weight excluding hydrogens is 362 g/mol. The molecule has 2 N–H and O–H groups in total. The highest BCUT2D eigenvalue weighted by molar-refractivity contribution is 5.98. The van der Waals surface area contributed by atoms with Crippen LogP contribution in [0.1, 0.15) is 33.1 Å². The Morgan fingerprint density at radius 2 is 1.55 bits per heavy atom. The van der Waals surface area contributed by atoms with Gasteiger partial charge < -0.3 is 5.32 Å². The third kappa shape index (κ3) is 4.09. The molecule has 2 atom stereocenters. The van der Waals surface area contributed by atoms with Crippen molar-refractivity contribution in [3.63, 3.8) is 0 Å². The van der Waals surface area contributed by atoms with Crippen molar-refractivity contribution in [2.24, 2.45) is 0 Å². The minimum Gasteiger partial charge on any atom is -0.334 e. The summed E-state index contributed by atoms with van der Waals surface area (Å²) in [6.45, 7) is 1.97. The van der Waals surface area contributed by atoms with Crippen LogP contribution in [0.25, 0.3) is 0 Å². The van der Waals surface area contributed by atoms with Crippen LogP contribution in [-0.4, -0.2) is 28.8 Å². The first-order chi connectivity index (χ1) is 14.1. The van der Waals surface area contributed by atoms with Crippen molar-refractivity contribution in [3.05, 3.63) is 107 Å². The van der Waals surface area contributed by atoms with Crippen molar-refractivity contribution in [1.29, 1.82) is 0 Å². The zero-order chi connectivity index (χ0) is 20.2. The predicted octanol–water partition coefficient (Wildman–Crippen LogP) is 3.01. The Morgan fingerprint density at radius 1 is 0.931 bits per heavy atom. The lowest BCUT2D eigenvalue weighted by Crippen LogP contribution is -2.42. The van der Waals surface area contributed by atoms with Gasteiger partial charge in [-0.25, -0.2) is 0 Å². The lowest BCUT2D eigenvalue weighted by Gasteiger charge is -2.14. The summed E-state index contributed by atoms with van der Waals surface area (Å²) in [6.07, 6.45) is 1.88. The Kier molecular flexibility index (Phi) is 5.20. The van der Waals surface area contributed by atoms with Gasteiger partial charge in [0, 0.05) is 16.7 Å². The molecule has 0 radical (unpaired) electrons. The largest absolute Gasteiger partial charge is 0.334 e. The fraction of sp³-hybridized carbons (Fsp3) is 0.125. The molecule has 1 aliphatic heterocycles. The van der Waals surface area contributed by atoms with Gasteiger partial charge in [0.25, 0.3) is 5.91 Å². The number of hydrogen-bond donors (Lipinski definition) is 2. The van der Waals surface area contributed by atoms with E-state index in [1.165, 1.54) is 0 Å². The average Bonchev–Trinajstić information content (AvgIpc) is 3.04. The molecule has 5 heteroatoms. The first-order valence-electron chi connectivity index (χ1n) is 9.53. The summed E-state index contributed by atoms with van der Waals surface area (Å²) in [5, 5.41) is 2.92. The second kappa shape index (κ2) is 8.10. The zero-order valence-corrected chi connectivity index (χ0v) is 16.1. The summed E-state index contributed by atoms with van der Waals surface area (Å²) in [5.41, 5.74) is 6.39. The number of nitrogens with one attached hydrogen (secondary N) is 2. The van der Waals surface area contributed by atoms with Gasteiger partial charge in [-0.2, -0.15) is 0 Å². The molecule has 1 heterocycles. The lowest BCUT2D eigenvalue weighted by molar-refractivity contribution is -0.596. The van der Waals surface area contributed by atoms with Crippen molar-refractivity contribution in [3.8, 4) is 0 Å². The topological polar surface area (TPSA) is 61.2 Å². The number of carbonyl (C=O) groups is 2. The fourth-order valence-electron chi connectivity index (χ4n) is 3.46. The maximum absolute atomic E-state index is 12.8. The number of nitrogens with zero attached hydrogens (tertiary/aromatic N) is 1. The molecule has 0 aromatic heterocycles. The minimum atomic E-state index is -0.717. The van der Waals surface area contributed by atoms with Gasteiger partial charge in [0.05, 0.1) is 0 Å². The number of hydrogen-bond acceptors (Lipinski definition) is 2. The molecule has 0 saturated carbocycles. The number of aryl methyl sites for hydroxylation is 1. The van der Waals surface area contributed by atoms with Crippen LogP contribution in [0.4, 0.5) is 0 Å². The Bertz CT molecular complexity index is 1040. The van der Waals surface area contributed by atoms with E-state index in [2.05, 4.69) is 10.7 Å². The monoisotopic (exact) mass is 384 g/mol. The van der Waals surface area contributed by atoms with Crippen LogP contribution in [0.2, 0.25) is 0 Å². The van der Waals surface area contributed by atoms with Gasteiger partial charge in [-0.05, 0) is 31.2 Å². The van der Waals surface area contributed by atoms with E-state index in [0.717, 1.165) is 16.7 Å². The van der Waals surface area contributed by atoms with Crippen LogP contribution in [0.3, 0.4) is 0 Å².